The summed E-state index contributed by atoms with van der Waals surface area (Å²) in [4.78, 5) is 16.8. The van der Waals surface area contributed by atoms with Crippen LogP contribution >= 0.6 is 0 Å². The molecule has 3 aromatic rings. The molecule has 1 atom stereocenters. The van der Waals surface area contributed by atoms with Crippen molar-refractivity contribution in [3.8, 4) is 0 Å². The normalized spacial score (nSPS) is 11.8. The Morgan fingerprint density at radius 2 is 1.50 bits per heavy atom. The van der Waals surface area contributed by atoms with E-state index in [1.165, 1.54) is 5.56 Å². The Hall–Kier alpha value is -2.94. The largest absolute Gasteiger partial charge is 0.341 e. The van der Waals surface area contributed by atoms with Crippen molar-refractivity contribution in [2.45, 2.75) is 19.9 Å². The molecule has 1 N–H and O–H groups in total. The lowest BCUT2D eigenvalue weighted by molar-refractivity contribution is 0.0943. The van der Waals surface area contributed by atoms with Crippen molar-refractivity contribution in [3.05, 3.63) is 101 Å². The van der Waals surface area contributed by atoms with Crippen molar-refractivity contribution >= 4 is 5.91 Å². The molecule has 2 aromatic carbocycles. The zero-order chi connectivity index (χ0) is 16.9. The molecule has 0 aliphatic rings. The average Bonchev–Trinajstić information content (AvgIpc) is 2.62. The molecule has 3 nitrogen and oxygen atoms in total. The summed E-state index contributed by atoms with van der Waals surface area (Å²) < 4.78 is 0. The van der Waals surface area contributed by atoms with E-state index in [4.69, 9.17) is 0 Å². The van der Waals surface area contributed by atoms with Gasteiger partial charge in [0.25, 0.3) is 5.91 Å². The molecule has 0 saturated heterocycles. The number of nitrogens with zero attached hydrogens (tertiary/aromatic N) is 1. The topological polar surface area (TPSA) is 42.0 Å². The van der Waals surface area contributed by atoms with Crippen LogP contribution in [0.4, 0.5) is 0 Å². The third-order valence-electron chi connectivity index (χ3n) is 4.02. The van der Waals surface area contributed by atoms with Gasteiger partial charge in [0.15, 0.2) is 0 Å². The minimum absolute atomic E-state index is 0.0931. The Morgan fingerprint density at radius 3 is 2.08 bits per heavy atom. The summed E-state index contributed by atoms with van der Waals surface area (Å²) in [5, 5.41) is 3.13. The second kappa shape index (κ2) is 7.09. The maximum absolute atomic E-state index is 12.6. The smallest absolute Gasteiger partial charge is 0.252 e. The molecule has 1 heterocycles. The van der Waals surface area contributed by atoms with Crippen LogP contribution in [-0.2, 0) is 0 Å². The van der Waals surface area contributed by atoms with E-state index >= 15 is 0 Å². The van der Waals surface area contributed by atoms with Crippen molar-refractivity contribution in [2.75, 3.05) is 0 Å². The molecule has 120 valence electrons. The molecule has 1 amide bonds. The molecule has 0 radical (unpaired) electrons. The van der Waals surface area contributed by atoms with Crippen LogP contribution < -0.4 is 5.32 Å². The number of aromatic nitrogens is 1. The standard InChI is InChI=1S/C21H20N2O/c1-15-5-9-17(10-6-15)20(19-4-3-13-22-14-19)23-21(24)18-11-7-16(2)8-12-18/h3-14,20H,1-2H3,(H,23,24). The molecule has 0 bridgehead atoms. The van der Waals surface area contributed by atoms with E-state index < -0.39 is 0 Å². The second-order valence-electron chi connectivity index (χ2n) is 5.97. The van der Waals surface area contributed by atoms with Gasteiger partial charge in [-0.3, -0.25) is 9.78 Å². The van der Waals surface area contributed by atoms with Gasteiger partial charge in [0, 0.05) is 18.0 Å². The van der Waals surface area contributed by atoms with Crippen LogP contribution in [0.25, 0.3) is 0 Å². The first-order valence-electron chi connectivity index (χ1n) is 7.97. The van der Waals surface area contributed by atoms with Gasteiger partial charge in [-0.15, -0.1) is 0 Å². The highest BCUT2D eigenvalue weighted by molar-refractivity contribution is 5.94. The minimum atomic E-state index is -0.229. The molecule has 0 aliphatic carbocycles. The molecular formula is C21H20N2O. The number of rotatable bonds is 4. The summed E-state index contributed by atoms with van der Waals surface area (Å²) in [6.45, 7) is 4.06. The molecule has 0 saturated carbocycles. The van der Waals surface area contributed by atoms with E-state index in [0.29, 0.717) is 5.56 Å². The molecule has 3 rings (SSSR count). The molecule has 1 aromatic heterocycles. The molecule has 0 spiro atoms. The minimum Gasteiger partial charge on any atom is -0.341 e. The van der Waals surface area contributed by atoms with E-state index in [9.17, 15) is 4.79 Å². The number of benzene rings is 2. The molecule has 24 heavy (non-hydrogen) atoms. The lowest BCUT2D eigenvalue weighted by Gasteiger charge is -2.20. The fourth-order valence-corrected chi connectivity index (χ4v) is 2.58. The van der Waals surface area contributed by atoms with Crippen molar-refractivity contribution in [3.63, 3.8) is 0 Å². The second-order valence-corrected chi connectivity index (χ2v) is 5.97. The summed E-state index contributed by atoms with van der Waals surface area (Å²) in [5.74, 6) is -0.0931. The lowest BCUT2D eigenvalue weighted by atomic mass is 9.98. The molecule has 0 fully saturated rings. The fourth-order valence-electron chi connectivity index (χ4n) is 2.58. The molecule has 3 heteroatoms. The Bertz CT molecular complexity index is 809. The third kappa shape index (κ3) is 3.69. The zero-order valence-electron chi connectivity index (χ0n) is 13.9. The van der Waals surface area contributed by atoms with Gasteiger partial charge >= 0.3 is 0 Å². The number of pyridine rings is 1. The van der Waals surface area contributed by atoms with Crippen molar-refractivity contribution in [1.29, 1.82) is 0 Å². The van der Waals surface area contributed by atoms with Crippen LogP contribution in [0.5, 0.6) is 0 Å². The summed E-state index contributed by atoms with van der Waals surface area (Å²) in [6.07, 6.45) is 3.53. The molecular weight excluding hydrogens is 296 g/mol. The quantitative estimate of drug-likeness (QED) is 0.783. The number of nitrogens with one attached hydrogen (secondary N) is 1. The Kier molecular flexibility index (Phi) is 4.71. The average molecular weight is 316 g/mol. The Balaban J connectivity index is 1.91. The van der Waals surface area contributed by atoms with Crippen molar-refractivity contribution < 1.29 is 4.79 Å². The van der Waals surface area contributed by atoms with E-state index in [0.717, 1.165) is 16.7 Å². The SMILES string of the molecule is Cc1ccc(C(=O)NC(c2ccc(C)cc2)c2cccnc2)cc1. The highest BCUT2D eigenvalue weighted by Crippen LogP contribution is 2.22. The highest BCUT2D eigenvalue weighted by Gasteiger charge is 2.18. The lowest BCUT2D eigenvalue weighted by Crippen LogP contribution is -2.29. The van der Waals surface area contributed by atoms with Crippen LogP contribution in [0.3, 0.4) is 0 Å². The summed E-state index contributed by atoms with van der Waals surface area (Å²) in [6, 6.07) is 19.4. The van der Waals surface area contributed by atoms with Gasteiger partial charge < -0.3 is 5.32 Å². The van der Waals surface area contributed by atoms with E-state index in [-0.39, 0.29) is 11.9 Å². The van der Waals surface area contributed by atoms with Gasteiger partial charge in [-0.25, -0.2) is 0 Å². The van der Waals surface area contributed by atoms with Gasteiger partial charge in [-0.2, -0.15) is 0 Å². The fraction of sp³-hybridized carbons (Fsp3) is 0.143. The van der Waals surface area contributed by atoms with Gasteiger partial charge in [-0.05, 0) is 43.2 Å². The molecule has 0 aliphatic heterocycles. The van der Waals surface area contributed by atoms with Crippen LogP contribution in [-0.4, -0.2) is 10.9 Å². The summed E-state index contributed by atoms with van der Waals surface area (Å²) >= 11 is 0. The van der Waals surface area contributed by atoms with Crippen LogP contribution in [0, 0.1) is 13.8 Å². The van der Waals surface area contributed by atoms with Crippen LogP contribution in [0.2, 0.25) is 0 Å². The third-order valence-corrected chi connectivity index (χ3v) is 4.02. The maximum atomic E-state index is 12.6. The number of carbonyl (C=O) groups is 1. The monoisotopic (exact) mass is 316 g/mol. The van der Waals surface area contributed by atoms with Gasteiger partial charge in [-0.1, -0.05) is 53.6 Å². The number of hydrogen-bond acceptors (Lipinski definition) is 2. The van der Waals surface area contributed by atoms with Crippen molar-refractivity contribution in [1.82, 2.24) is 10.3 Å². The first-order chi connectivity index (χ1) is 11.6. The van der Waals surface area contributed by atoms with Crippen LogP contribution in [0.1, 0.15) is 38.7 Å². The summed E-state index contributed by atoms with van der Waals surface area (Å²) in [5.41, 5.74) is 4.97. The Labute approximate surface area is 142 Å². The molecule has 1 unspecified atom stereocenters. The zero-order valence-corrected chi connectivity index (χ0v) is 13.9. The van der Waals surface area contributed by atoms with E-state index in [1.807, 2.05) is 62.4 Å². The Morgan fingerprint density at radius 1 is 0.875 bits per heavy atom. The summed E-state index contributed by atoms with van der Waals surface area (Å²) in [7, 11) is 0. The highest BCUT2D eigenvalue weighted by atomic mass is 16.1. The predicted octanol–water partition coefficient (Wildman–Crippen LogP) is 4.22. The first-order valence-corrected chi connectivity index (χ1v) is 7.97. The van der Waals surface area contributed by atoms with Gasteiger partial charge in [0.1, 0.15) is 0 Å². The first kappa shape index (κ1) is 15.9. The van der Waals surface area contributed by atoms with Crippen molar-refractivity contribution in [2.24, 2.45) is 0 Å². The number of carbonyl (C=O) groups excluding carboxylic acids is 1. The predicted molar refractivity (Wildman–Crippen MR) is 95.9 cm³/mol. The maximum Gasteiger partial charge on any atom is 0.252 e. The van der Waals surface area contributed by atoms with Crippen LogP contribution in [0.15, 0.2) is 73.1 Å². The van der Waals surface area contributed by atoms with E-state index in [1.54, 1.807) is 12.4 Å². The number of hydrogen-bond donors (Lipinski definition) is 1. The number of amides is 1. The van der Waals surface area contributed by atoms with Gasteiger partial charge in [0.05, 0.1) is 6.04 Å². The van der Waals surface area contributed by atoms with Gasteiger partial charge in [0.2, 0.25) is 0 Å². The van der Waals surface area contributed by atoms with E-state index in [2.05, 4.69) is 22.4 Å². The number of aryl methyl sites for hydroxylation is 2.